The average Bonchev–Trinajstić information content (AvgIpc) is 2.67. The molecule has 0 saturated heterocycles. The molecule has 6 heteroatoms. The molecular formula is C15H23ClN2O3. The van der Waals surface area contributed by atoms with Crippen LogP contribution in [0.3, 0.4) is 0 Å². The van der Waals surface area contributed by atoms with E-state index in [-0.39, 0.29) is 17.7 Å². The lowest BCUT2D eigenvalue weighted by atomic mass is 9.87. The molecule has 0 bridgehead atoms. The van der Waals surface area contributed by atoms with Gasteiger partial charge in [0.15, 0.2) is 0 Å². The fourth-order valence-corrected chi connectivity index (χ4v) is 2.53. The third-order valence-corrected chi connectivity index (χ3v) is 3.26. The molecule has 0 aliphatic heterocycles. The third kappa shape index (κ3) is 5.79. The zero-order chi connectivity index (χ0) is 16.2. The molecule has 0 fully saturated rings. The normalized spacial score (nSPS) is 13.0. The molecule has 0 aliphatic carbocycles. The van der Waals surface area contributed by atoms with Gasteiger partial charge >= 0.3 is 5.97 Å². The number of amides is 1. The average molecular weight is 315 g/mol. The smallest absolute Gasteiger partial charge is 0.305 e. The Kier molecular flexibility index (Phi) is 5.84. The van der Waals surface area contributed by atoms with Crippen molar-refractivity contribution in [3.05, 3.63) is 23.0 Å². The van der Waals surface area contributed by atoms with E-state index in [4.69, 9.17) is 16.7 Å². The van der Waals surface area contributed by atoms with E-state index in [9.17, 15) is 9.59 Å². The van der Waals surface area contributed by atoms with E-state index in [1.165, 1.54) is 0 Å². The number of nitrogens with zero attached hydrogens (tertiary/aromatic N) is 1. The Morgan fingerprint density at radius 2 is 2.05 bits per heavy atom. The van der Waals surface area contributed by atoms with Crippen LogP contribution in [0.4, 0.5) is 0 Å². The van der Waals surface area contributed by atoms with E-state index in [1.807, 2.05) is 27.7 Å². The number of hydrogen-bond donors (Lipinski definition) is 2. The molecule has 1 amide bonds. The molecule has 0 aliphatic rings. The minimum Gasteiger partial charge on any atom is -0.481 e. The van der Waals surface area contributed by atoms with Crippen molar-refractivity contribution < 1.29 is 14.7 Å². The summed E-state index contributed by atoms with van der Waals surface area (Å²) in [5.74, 6) is -1.22. The van der Waals surface area contributed by atoms with E-state index in [2.05, 4.69) is 5.32 Å². The van der Waals surface area contributed by atoms with E-state index in [0.717, 1.165) is 0 Å². The summed E-state index contributed by atoms with van der Waals surface area (Å²) in [5.41, 5.74) is 0.379. The molecule has 118 valence electrons. The Bertz CT molecular complexity index is 517. The Morgan fingerprint density at radius 1 is 1.43 bits per heavy atom. The molecule has 1 aromatic heterocycles. The summed E-state index contributed by atoms with van der Waals surface area (Å²) in [5, 5.41) is 12.3. The van der Waals surface area contributed by atoms with Crippen LogP contribution in [-0.2, 0) is 11.3 Å². The molecule has 2 N–H and O–H groups in total. The van der Waals surface area contributed by atoms with Crippen molar-refractivity contribution in [1.29, 1.82) is 0 Å². The Hall–Kier alpha value is -1.49. The topological polar surface area (TPSA) is 71.3 Å². The van der Waals surface area contributed by atoms with Crippen molar-refractivity contribution in [2.24, 2.45) is 5.41 Å². The predicted octanol–water partition coefficient (Wildman–Crippen LogP) is 3.17. The molecular weight excluding hydrogens is 292 g/mol. The van der Waals surface area contributed by atoms with Gasteiger partial charge in [-0.05, 0) is 24.8 Å². The molecule has 0 spiro atoms. The highest BCUT2D eigenvalue weighted by Crippen LogP contribution is 2.23. The fourth-order valence-electron chi connectivity index (χ4n) is 2.31. The molecule has 0 aromatic carbocycles. The van der Waals surface area contributed by atoms with Crippen LogP contribution in [-0.4, -0.2) is 27.6 Å². The molecule has 1 heterocycles. The van der Waals surface area contributed by atoms with Crippen molar-refractivity contribution in [1.82, 2.24) is 9.88 Å². The third-order valence-electron chi connectivity index (χ3n) is 3.05. The van der Waals surface area contributed by atoms with Crippen molar-refractivity contribution >= 4 is 23.5 Å². The van der Waals surface area contributed by atoms with Crippen LogP contribution in [0.2, 0.25) is 5.02 Å². The largest absolute Gasteiger partial charge is 0.481 e. The van der Waals surface area contributed by atoms with Crippen LogP contribution >= 0.6 is 11.6 Å². The van der Waals surface area contributed by atoms with Crippen LogP contribution in [0.1, 0.15) is 51.0 Å². The second-order valence-electron chi connectivity index (χ2n) is 6.36. The molecule has 21 heavy (non-hydrogen) atoms. The second-order valence-corrected chi connectivity index (χ2v) is 6.80. The van der Waals surface area contributed by atoms with Crippen LogP contribution in [0.25, 0.3) is 0 Å². The lowest BCUT2D eigenvalue weighted by Gasteiger charge is -2.26. The molecule has 1 aromatic rings. The summed E-state index contributed by atoms with van der Waals surface area (Å²) in [6, 6.07) is 1.18. The van der Waals surface area contributed by atoms with Gasteiger partial charge in [-0.25, -0.2) is 0 Å². The molecule has 0 saturated carbocycles. The number of rotatable bonds is 6. The van der Waals surface area contributed by atoms with Gasteiger partial charge in [-0.2, -0.15) is 0 Å². The quantitative estimate of drug-likeness (QED) is 0.847. The van der Waals surface area contributed by atoms with Gasteiger partial charge in [0.25, 0.3) is 5.91 Å². The molecule has 1 rings (SSSR count). The number of carbonyl (C=O) groups excluding carboxylic acids is 1. The number of hydrogen-bond acceptors (Lipinski definition) is 2. The highest BCUT2D eigenvalue weighted by molar-refractivity contribution is 6.31. The maximum Gasteiger partial charge on any atom is 0.305 e. The summed E-state index contributed by atoms with van der Waals surface area (Å²) in [4.78, 5) is 23.3. The van der Waals surface area contributed by atoms with E-state index in [1.54, 1.807) is 16.8 Å². The Morgan fingerprint density at radius 3 is 2.52 bits per heavy atom. The molecule has 5 nitrogen and oxygen atoms in total. The molecule has 1 unspecified atom stereocenters. The van der Waals surface area contributed by atoms with Crippen molar-refractivity contribution in [3.8, 4) is 0 Å². The summed E-state index contributed by atoms with van der Waals surface area (Å²) < 4.78 is 1.74. The number of aryl methyl sites for hydroxylation is 1. The van der Waals surface area contributed by atoms with E-state index >= 15 is 0 Å². The van der Waals surface area contributed by atoms with Crippen LogP contribution < -0.4 is 5.32 Å². The second kappa shape index (κ2) is 6.98. The first kappa shape index (κ1) is 17.6. The number of halogens is 1. The summed E-state index contributed by atoms with van der Waals surface area (Å²) >= 11 is 5.92. The first-order chi connectivity index (χ1) is 9.62. The number of aliphatic carboxylic acids is 1. The molecule has 1 atom stereocenters. The van der Waals surface area contributed by atoms with E-state index < -0.39 is 12.0 Å². The van der Waals surface area contributed by atoms with Gasteiger partial charge in [-0.15, -0.1) is 0 Å². The number of carboxylic acid groups (broad SMARTS) is 1. The first-order valence-electron chi connectivity index (χ1n) is 7.00. The van der Waals surface area contributed by atoms with Gasteiger partial charge in [-0.1, -0.05) is 32.4 Å². The van der Waals surface area contributed by atoms with Gasteiger partial charge in [-0.3, -0.25) is 9.59 Å². The highest BCUT2D eigenvalue weighted by Gasteiger charge is 2.24. The van der Waals surface area contributed by atoms with Gasteiger partial charge in [0, 0.05) is 18.8 Å². The van der Waals surface area contributed by atoms with Gasteiger partial charge < -0.3 is 15.0 Å². The summed E-state index contributed by atoms with van der Waals surface area (Å²) in [6.45, 7) is 8.58. The van der Waals surface area contributed by atoms with Crippen LogP contribution in [0, 0.1) is 5.41 Å². The predicted molar refractivity (Wildman–Crippen MR) is 82.7 cm³/mol. The van der Waals surface area contributed by atoms with Crippen molar-refractivity contribution in [2.45, 2.75) is 53.1 Å². The monoisotopic (exact) mass is 314 g/mol. The lowest BCUT2D eigenvalue weighted by Crippen LogP contribution is -2.39. The number of carbonyl (C=O) groups is 2. The molecule has 0 radical (unpaired) electrons. The zero-order valence-electron chi connectivity index (χ0n) is 12.9. The van der Waals surface area contributed by atoms with Crippen molar-refractivity contribution in [2.75, 3.05) is 0 Å². The van der Waals surface area contributed by atoms with E-state index in [0.29, 0.717) is 23.7 Å². The van der Waals surface area contributed by atoms with Gasteiger partial charge in [0.1, 0.15) is 5.69 Å². The minimum absolute atomic E-state index is 0.0716. The van der Waals surface area contributed by atoms with Crippen molar-refractivity contribution in [3.63, 3.8) is 0 Å². The lowest BCUT2D eigenvalue weighted by molar-refractivity contribution is -0.137. The standard InChI is InChI=1S/C15H23ClN2O3/c1-5-18-9-10(16)6-12(18)14(21)17-11(7-13(19)20)8-15(2,3)4/h6,9,11H,5,7-8H2,1-4H3,(H,17,21)(H,19,20). The highest BCUT2D eigenvalue weighted by atomic mass is 35.5. The number of nitrogens with one attached hydrogen (secondary N) is 1. The number of aromatic nitrogens is 1. The van der Waals surface area contributed by atoms with Gasteiger partial charge in [0.05, 0.1) is 11.4 Å². The SMILES string of the molecule is CCn1cc(Cl)cc1C(=O)NC(CC(=O)O)CC(C)(C)C. The summed E-state index contributed by atoms with van der Waals surface area (Å²) in [7, 11) is 0. The first-order valence-corrected chi connectivity index (χ1v) is 7.38. The van der Waals surface area contributed by atoms with Crippen LogP contribution in [0.15, 0.2) is 12.3 Å². The maximum atomic E-state index is 12.3. The zero-order valence-corrected chi connectivity index (χ0v) is 13.7. The maximum absolute atomic E-state index is 12.3. The van der Waals surface area contributed by atoms with Crippen LogP contribution in [0.5, 0.6) is 0 Å². The summed E-state index contributed by atoms with van der Waals surface area (Å²) in [6.07, 6.45) is 2.18. The minimum atomic E-state index is -0.923. The Labute approximate surface area is 130 Å². The Balaban J connectivity index is 2.86. The fraction of sp³-hybridized carbons (Fsp3) is 0.600. The number of carboxylic acids is 1. The van der Waals surface area contributed by atoms with Gasteiger partial charge in [0.2, 0.25) is 0 Å².